The molecule has 90 valence electrons. The number of esters is 1. The fourth-order valence-corrected chi connectivity index (χ4v) is 1.39. The van der Waals surface area contributed by atoms with Crippen molar-refractivity contribution in [2.75, 3.05) is 12.8 Å². The summed E-state index contributed by atoms with van der Waals surface area (Å²) in [4.78, 5) is 9.96. The van der Waals surface area contributed by atoms with Gasteiger partial charge in [-0.05, 0) is 11.5 Å². The summed E-state index contributed by atoms with van der Waals surface area (Å²) in [7, 11) is 1.38. The number of carbonyl (C=O) groups excluding carboxylic acids is 1. The monoisotopic (exact) mass is 231 g/mol. The van der Waals surface area contributed by atoms with E-state index in [1.54, 1.807) is 6.92 Å². The fourth-order valence-electron chi connectivity index (χ4n) is 1.39. The van der Waals surface area contributed by atoms with Crippen LogP contribution >= 0.6 is 0 Å². The van der Waals surface area contributed by atoms with E-state index in [0.717, 1.165) is 11.1 Å². The van der Waals surface area contributed by atoms with E-state index in [-0.39, 0.29) is 5.97 Å². The van der Waals surface area contributed by atoms with E-state index in [9.17, 15) is 4.79 Å². The van der Waals surface area contributed by atoms with Crippen molar-refractivity contribution in [2.24, 2.45) is 0 Å². The summed E-state index contributed by atoms with van der Waals surface area (Å²) in [5, 5.41) is 2.34. The Balaban J connectivity index is 0.000000209. The molecule has 0 saturated heterocycles. The zero-order chi connectivity index (χ0) is 12.7. The molecule has 0 spiro atoms. The molecule has 0 aromatic heterocycles. The Hall–Kier alpha value is -2.03. The van der Waals surface area contributed by atoms with Crippen LogP contribution < -0.4 is 5.73 Å². The van der Waals surface area contributed by atoms with E-state index in [1.807, 2.05) is 30.3 Å². The van der Waals surface area contributed by atoms with Gasteiger partial charge >= 0.3 is 5.97 Å². The van der Waals surface area contributed by atoms with Gasteiger partial charge in [0.2, 0.25) is 0 Å². The van der Waals surface area contributed by atoms with Crippen LogP contribution in [0.5, 0.6) is 0 Å². The molecule has 0 heterocycles. The SMILES string of the molecule is CCC(=O)OC.Nc1cccc2ccccc12. The lowest BCUT2D eigenvalue weighted by atomic mass is 10.1. The van der Waals surface area contributed by atoms with Crippen molar-refractivity contribution in [3.05, 3.63) is 42.5 Å². The molecule has 3 heteroatoms. The van der Waals surface area contributed by atoms with Gasteiger partial charge in [-0.25, -0.2) is 0 Å². The number of rotatable bonds is 1. The highest BCUT2D eigenvalue weighted by Crippen LogP contribution is 2.19. The first-order valence-corrected chi connectivity index (χ1v) is 5.49. The highest BCUT2D eigenvalue weighted by molar-refractivity contribution is 5.92. The van der Waals surface area contributed by atoms with Gasteiger partial charge in [-0.2, -0.15) is 0 Å². The Bertz CT molecular complexity index is 483. The Kier molecular flexibility index (Phi) is 5.01. The number of fused-ring (bicyclic) bond motifs is 1. The molecular formula is C14H17NO2. The molecule has 0 aliphatic rings. The third-order valence-corrected chi connectivity index (χ3v) is 2.34. The molecule has 0 radical (unpaired) electrons. The van der Waals surface area contributed by atoms with Gasteiger partial charge in [-0.1, -0.05) is 43.3 Å². The maximum Gasteiger partial charge on any atom is 0.305 e. The lowest BCUT2D eigenvalue weighted by Gasteiger charge is -1.98. The Morgan fingerprint density at radius 3 is 2.35 bits per heavy atom. The summed E-state index contributed by atoms with van der Waals surface area (Å²) in [5.41, 5.74) is 6.61. The van der Waals surface area contributed by atoms with E-state index < -0.39 is 0 Å². The fraction of sp³-hybridized carbons (Fsp3) is 0.214. The second-order valence-corrected chi connectivity index (χ2v) is 3.50. The molecule has 2 aromatic rings. The van der Waals surface area contributed by atoms with Crippen LogP contribution in [0.25, 0.3) is 10.8 Å². The topological polar surface area (TPSA) is 52.3 Å². The molecule has 17 heavy (non-hydrogen) atoms. The molecular weight excluding hydrogens is 214 g/mol. The van der Waals surface area contributed by atoms with E-state index in [1.165, 1.54) is 12.5 Å². The minimum atomic E-state index is -0.157. The van der Waals surface area contributed by atoms with Crippen molar-refractivity contribution in [1.82, 2.24) is 0 Å². The van der Waals surface area contributed by atoms with Crippen LogP contribution in [0.1, 0.15) is 13.3 Å². The van der Waals surface area contributed by atoms with Crippen LogP contribution in [0, 0.1) is 0 Å². The molecule has 0 bridgehead atoms. The van der Waals surface area contributed by atoms with Crippen molar-refractivity contribution in [2.45, 2.75) is 13.3 Å². The van der Waals surface area contributed by atoms with Gasteiger partial charge in [0.25, 0.3) is 0 Å². The van der Waals surface area contributed by atoms with Crippen LogP contribution in [0.4, 0.5) is 5.69 Å². The summed E-state index contributed by atoms with van der Waals surface area (Å²) in [6, 6.07) is 14.1. The molecule has 0 aliphatic carbocycles. The first-order valence-electron chi connectivity index (χ1n) is 5.49. The number of benzene rings is 2. The van der Waals surface area contributed by atoms with E-state index >= 15 is 0 Å². The average Bonchev–Trinajstić information content (AvgIpc) is 2.39. The third kappa shape index (κ3) is 3.79. The van der Waals surface area contributed by atoms with Gasteiger partial charge in [0.05, 0.1) is 7.11 Å². The molecule has 2 rings (SSSR count). The number of hydrogen-bond donors (Lipinski definition) is 1. The molecule has 0 atom stereocenters. The number of hydrogen-bond acceptors (Lipinski definition) is 3. The molecule has 0 unspecified atom stereocenters. The summed E-state index contributed by atoms with van der Waals surface area (Å²) >= 11 is 0. The number of methoxy groups -OCH3 is 1. The Morgan fingerprint density at radius 2 is 1.82 bits per heavy atom. The molecule has 0 saturated carbocycles. The maximum absolute atomic E-state index is 9.96. The van der Waals surface area contributed by atoms with Crippen molar-refractivity contribution in [3.8, 4) is 0 Å². The largest absolute Gasteiger partial charge is 0.469 e. The maximum atomic E-state index is 9.96. The number of ether oxygens (including phenoxy) is 1. The average molecular weight is 231 g/mol. The zero-order valence-corrected chi connectivity index (χ0v) is 10.1. The summed E-state index contributed by atoms with van der Waals surface area (Å²) in [5.74, 6) is -0.157. The van der Waals surface area contributed by atoms with Crippen LogP contribution in [-0.2, 0) is 9.53 Å². The minimum absolute atomic E-state index is 0.157. The van der Waals surface area contributed by atoms with Crippen molar-refractivity contribution in [3.63, 3.8) is 0 Å². The van der Waals surface area contributed by atoms with Gasteiger partial charge in [0.1, 0.15) is 0 Å². The molecule has 0 amide bonds. The number of anilines is 1. The highest BCUT2D eigenvalue weighted by Gasteiger charge is 1.92. The van der Waals surface area contributed by atoms with Gasteiger partial charge in [-0.3, -0.25) is 4.79 Å². The van der Waals surface area contributed by atoms with Gasteiger partial charge in [0, 0.05) is 17.5 Å². The van der Waals surface area contributed by atoms with E-state index in [0.29, 0.717) is 6.42 Å². The normalized spacial score (nSPS) is 9.29. The van der Waals surface area contributed by atoms with Gasteiger partial charge in [-0.15, -0.1) is 0 Å². The van der Waals surface area contributed by atoms with Crippen LogP contribution in [0.2, 0.25) is 0 Å². The van der Waals surface area contributed by atoms with Crippen LogP contribution in [-0.4, -0.2) is 13.1 Å². The quantitative estimate of drug-likeness (QED) is 0.606. The Labute approximate surface area is 101 Å². The van der Waals surface area contributed by atoms with E-state index in [4.69, 9.17) is 5.73 Å². The highest BCUT2D eigenvalue weighted by atomic mass is 16.5. The lowest BCUT2D eigenvalue weighted by molar-refractivity contribution is -0.140. The predicted molar refractivity (Wildman–Crippen MR) is 70.7 cm³/mol. The summed E-state index contributed by atoms with van der Waals surface area (Å²) in [6.45, 7) is 1.76. The third-order valence-electron chi connectivity index (χ3n) is 2.34. The smallest absolute Gasteiger partial charge is 0.305 e. The minimum Gasteiger partial charge on any atom is -0.469 e. The van der Waals surface area contributed by atoms with E-state index in [2.05, 4.69) is 16.9 Å². The first-order chi connectivity index (χ1) is 8.19. The standard InChI is InChI=1S/C10H9N.C4H8O2/c11-10-7-3-5-8-4-1-2-6-9(8)10;1-3-4(5)6-2/h1-7H,11H2;3H2,1-2H3. The number of nitrogens with two attached hydrogens (primary N) is 1. The van der Waals surface area contributed by atoms with Crippen molar-refractivity contribution in [1.29, 1.82) is 0 Å². The summed E-state index contributed by atoms with van der Waals surface area (Å²) in [6.07, 6.45) is 0.469. The lowest BCUT2D eigenvalue weighted by Crippen LogP contribution is -1.94. The Morgan fingerprint density at radius 1 is 1.18 bits per heavy atom. The van der Waals surface area contributed by atoms with Crippen LogP contribution in [0.15, 0.2) is 42.5 Å². The second kappa shape index (κ2) is 6.53. The van der Waals surface area contributed by atoms with Gasteiger partial charge < -0.3 is 10.5 Å². The molecule has 2 aromatic carbocycles. The zero-order valence-electron chi connectivity index (χ0n) is 10.1. The molecule has 3 nitrogen and oxygen atoms in total. The number of carbonyl (C=O) groups is 1. The summed E-state index contributed by atoms with van der Waals surface area (Å²) < 4.78 is 4.26. The molecule has 0 fully saturated rings. The van der Waals surface area contributed by atoms with Crippen LogP contribution in [0.3, 0.4) is 0 Å². The number of nitrogen functional groups attached to an aromatic ring is 1. The second-order valence-electron chi connectivity index (χ2n) is 3.50. The van der Waals surface area contributed by atoms with Crippen molar-refractivity contribution < 1.29 is 9.53 Å². The van der Waals surface area contributed by atoms with Gasteiger partial charge in [0.15, 0.2) is 0 Å². The first kappa shape index (κ1) is 13.0. The molecule has 0 aliphatic heterocycles. The predicted octanol–water partition coefficient (Wildman–Crippen LogP) is 2.99. The van der Waals surface area contributed by atoms with Crippen molar-refractivity contribution >= 4 is 22.4 Å². The molecule has 2 N–H and O–H groups in total.